The van der Waals surface area contributed by atoms with Crippen molar-refractivity contribution in [3.05, 3.63) is 47.8 Å². The molecule has 0 aliphatic carbocycles. The lowest BCUT2D eigenvalue weighted by Crippen LogP contribution is -2.33. The average Bonchev–Trinajstić information content (AvgIpc) is 3.10. The number of aryl methyl sites for hydroxylation is 1. The van der Waals surface area contributed by atoms with E-state index < -0.39 is 18.6 Å². The molecule has 3 aromatic rings. The Bertz CT molecular complexity index is 942. The molecule has 27 heavy (non-hydrogen) atoms. The molecule has 0 spiro atoms. The van der Waals surface area contributed by atoms with Gasteiger partial charge in [-0.2, -0.15) is 22.5 Å². The van der Waals surface area contributed by atoms with Crippen LogP contribution >= 0.6 is 11.5 Å². The molecule has 7 nitrogen and oxygen atoms in total. The molecule has 0 aliphatic rings. The number of amides is 1. The molecule has 0 atom stereocenters. The fourth-order valence-corrected chi connectivity index (χ4v) is 2.62. The van der Waals surface area contributed by atoms with Gasteiger partial charge in [-0.1, -0.05) is 6.07 Å². The maximum atomic E-state index is 12.1. The summed E-state index contributed by atoms with van der Waals surface area (Å²) in [6.45, 7) is 0.505. The second-order valence-electron chi connectivity index (χ2n) is 5.45. The van der Waals surface area contributed by atoms with E-state index in [4.69, 9.17) is 0 Å². The van der Waals surface area contributed by atoms with Gasteiger partial charge in [-0.25, -0.2) is 4.98 Å². The van der Waals surface area contributed by atoms with Crippen molar-refractivity contribution in [2.45, 2.75) is 13.1 Å². The first-order valence-corrected chi connectivity index (χ1v) is 8.43. The summed E-state index contributed by atoms with van der Waals surface area (Å²) in [6.07, 6.45) is -1.64. The van der Waals surface area contributed by atoms with E-state index in [0.29, 0.717) is 22.5 Å². The summed E-state index contributed by atoms with van der Waals surface area (Å²) in [4.78, 5) is 24.2. The Morgan fingerprint density at radius 1 is 1.22 bits per heavy atom. The van der Waals surface area contributed by atoms with Gasteiger partial charge >= 0.3 is 6.18 Å². The first-order chi connectivity index (χ1) is 12.8. The van der Waals surface area contributed by atoms with Crippen LogP contribution in [0.1, 0.15) is 15.9 Å². The number of anilines is 2. The zero-order valence-electron chi connectivity index (χ0n) is 13.9. The molecule has 3 rings (SSSR count). The van der Waals surface area contributed by atoms with Crippen molar-refractivity contribution >= 4 is 28.4 Å². The van der Waals surface area contributed by atoms with E-state index in [-0.39, 0.29) is 5.56 Å². The third-order valence-corrected chi connectivity index (χ3v) is 4.00. The van der Waals surface area contributed by atoms with Crippen LogP contribution in [0.5, 0.6) is 0 Å². The fourth-order valence-electron chi connectivity index (χ4n) is 2.04. The lowest BCUT2D eigenvalue weighted by molar-refractivity contribution is -0.123. The third kappa shape index (κ3) is 4.97. The molecule has 2 N–H and O–H groups in total. The highest BCUT2D eigenvalue weighted by molar-refractivity contribution is 7.09. The summed E-state index contributed by atoms with van der Waals surface area (Å²) in [7, 11) is 0. The molecule has 140 valence electrons. The van der Waals surface area contributed by atoms with Crippen LogP contribution in [-0.2, 0) is 0 Å². The number of nitrogens with zero attached hydrogens (tertiary/aromatic N) is 4. The van der Waals surface area contributed by atoms with Crippen molar-refractivity contribution < 1.29 is 18.0 Å². The minimum absolute atomic E-state index is 0.0145. The quantitative estimate of drug-likeness (QED) is 0.690. The Balaban J connectivity index is 1.68. The average molecular weight is 394 g/mol. The molecule has 0 fully saturated rings. The van der Waals surface area contributed by atoms with Crippen LogP contribution in [0.25, 0.3) is 11.5 Å². The van der Waals surface area contributed by atoms with Gasteiger partial charge in [-0.3, -0.25) is 9.78 Å². The van der Waals surface area contributed by atoms with Crippen molar-refractivity contribution in [2.75, 3.05) is 11.9 Å². The third-order valence-electron chi connectivity index (χ3n) is 3.36. The van der Waals surface area contributed by atoms with Crippen LogP contribution in [0, 0.1) is 6.92 Å². The molecule has 0 unspecified atom stereocenters. The highest BCUT2D eigenvalue weighted by Crippen LogP contribution is 2.23. The molecule has 0 aromatic carbocycles. The Kier molecular flexibility index (Phi) is 5.31. The Morgan fingerprint density at radius 3 is 2.70 bits per heavy atom. The van der Waals surface area contributed by atoms with Gasteiger partial charge < -0.3 is 10.6 Å². The number of pyridine rings is 2. The number of aromatic nitrogens is 4. The predicted molar refractivity (Wildman–Crippen MR) is 93.8 cm³/mol. The van der Waals surface area contributed by atoms with Crippen LogP contribution in [-0.4, -0.2) is 38.0 Å². The van der Waals surface area contributed by atoms with E-state index in [1.807, 2.05) is 19.1 Å². The maximum Gasteiger partial charge on any atom is 0.405 e. The number of halogens is 3. The Hall–Kier alpha value is -3.08. The second-order valence-corrected chi connectivity index (χ2v) is 6.20. The van der Waals surface area contributed by atoms with Gasteiger partial charge in [0, 0.05) is 23.9 Å². The monoisotopic (exact) mass is 394 g/mol. The smallest absolute Gasteiger partial charge is 0.343 e. The normalized spacial score (nSPS) is 11.3. The largest absolute Gasteiger partial charge is 0.405 e. The lowest BCUT2D eigenvalue weighted by atomic mass is 10.2. The van der Waals surface area contributed by atoms with Gasteiger partial charge in [-0.05, 0) is 30.7 Å². The van der Waals surface area contributed by atoms with E-state index in [1.54, 1.807) is 11.5 Å². The number of nitrogens with one attached hydrogen (secondary N) is 2. The van der Waals surface area contributed by atoms with Crippen LogP contribution in [0.4, 0.5) is 24.1 Å². The Labute approximate surface area is 155 Å². The molecule has 0 saturated heterocycles. The lowest BCUT2D eigenvalue weighted by Gasteiger charge is -2.08. The Morgan fingerprint density at radius 2 is 2.04 bits per heavy atom. The minimum Gasteiger partial charge on any atom is -0.343 e. The van der Waals surface area contributed by atoms with E-state index in [1.165, 1.54) is 18.3 Å². The molecular formula is C16H13F3N6OS. The first kappa shape index (κ1) is 18.7. The molecule has 1 amide bonds. The van der Waals surface area contributed by atoms with Gasteiger partial charge in [0.1, 0.15) is 18.1 Å². The summed E-state index contributed by atoms with van der Waals surface area (Å²) < 4.78 is 40.6. The number of rotatable bonds is 5. The predicted octanol–water partition coefficient (Wildman–Crippen LogP) is 3.34. The first-order valence-electron chi connectivity index (χ1n) is 7.65. The number of alkyl halides is 3. The summed E-state index contributed by atoms with van der Waals surface area (Å²) in [5.41, 5.74) is 1.35. The van der Waals surface area contributed by atoms with E-state index >= 15 is 0 Å². The summed E-state index contributed by atoms with van der Waals surface area (Å²) in [5.74, 6) is 0.133. The minimum atomic E-state index is -4.47. The number of carbonyl (C=O) groups is 1. The summed E-state index contributed by atoms with van der Waals surface area (Å²) in [5, 5.41) is 5.36. The molecule has 3 heterocycles. The van der Waals surface area contributed by atoms with Crippen molar-refractivity contribution in [1.29, 1.82) is 0 Å². The van der Waals surface area contributed by atoms with Crippen LogP contribution < -0.4 is 10.6 Å². The van der Waals surface area contributed by atoms with Gasteiger partial charge in [0.05, 0.1) is 5.56 Å². The molecule has 0 radical (unpaired) electrons. The van der Waals surface area contributed by atoms with Gasteiger partial charge in [-0.15, -0.1) is 0 Å². The standard InChI is InChI=1S/C16H13F3N6OS/c1-9-3-2-6-20-12(9)23-15-24-13(25-27-15)11-5-4-10(7-21-11)14(26)22-8-16(17,18)19/h2-7H,8H2,1H3,(H,22,26)(H,20,23,24,25). The molecule has 0 bridgehead atoms. The molecule has 0 saturated carbocycles. The topological polar surface area (TPSA) is 92.7 Å². The second kappa shape index (κ2) is 7.66. The van der Waals surface area contributed by atoms with Crippen molar-refractivity contribution in [3.63, 3.8) is 0 Å². The maximum absolute atomic E-state index is 12.1. The van der Waals surface area contributed by atoms with Crippen LogP contribution in [0.15, 0.2) is 36.7 Å². The molecular weight excluding hydrogens is 381 g/mol. The van der Waals surface area contributed by atoms with Crippen molar-refractivity contribution in [3.8, 4) is 11.5 Å². The highest BCUT2D eigenvalue weighted by atomic mass is 32.1. The number of hydrogen-bond acceptors (Lipinski definition) is 7. The SMILES string of the molecule is Cc1cccnc1Nc1nc(-c2ccc(C(=O)NCC(F)(F)F)cn2)ns1. The molecule has 3 aromatic heterocycles. The van der Waals surface area contributed by atoms with E-state index in [0.717, 1.165) is 17.1 Å². The van der Waals surface area contributed by atoms with Gasteiger partial charge in [0.15, 0.2) is 5.82 Å². The summed E-state index contributed by atoms with van der Waals surface area (Å²) in [6, 6.07) is 6.56. The highest BCUT2D eigenvalue weighted by Gasteiger charge is 2.28. The molecule has 0 aliphatic heterocycles. The van der Waals surface area contributed by atoms with E-state index in [9.17, 15) is 18.0 Å². The van der Waals surface area contributed by atoms with E-state index in [2.05, 4.69) is 24.6 Å². The van der Waals surface area contributed by atoms with Gasteiger partial charge in [0.25, 0.3) is 5.91 Å². The van der Waals surface area contributed by atoms with Crippen LogP contribution in [0.2, 0.25) is 0 Å². The zero-order chi connectivity index (χ0) is 19.4. The van der Waals surface area contributed by atoms with Crippen molar-refractivity contribution in [1.82, 2.24) is 24.6 Å². The number of hydrogen-bond donors (Lipinski definition) is 2. The molecule has 11 heteroatoms. The van der Waals surface area contributed by atoms with Crippen molar-refractivity contribution in [2.24, 2.45) is 0 Å². The number of carbonyl (C=O) groups excluding carboxylic acids is 1. The fraction of sp³-hybridized carbons (Fsp3) is 0.188. The van der Waals surface area contributed by atoms with Crippen LogP contribution in [0.3, 0.4) is 0 Å². The zero-order valence-corrected chi connectivity index (χ0v) is 14.7. The summed E-state index contributed by atoms with van der Waals surface area (Å²) >= 11 is 1.11. The van der Waals surface area contributed by atoms with Gasteiger partial charge in [0.2, 0.25) is 5.13 Å².